The number of nitrogens with two attached hydrogens (primary N) is 2. The SMILES string of the molecule is Cc1[nH]ncc1-c1cc(N2CC[C@@H](N)C2)nc(N)n1. The first-order valence-corrected chi connectivity index (χ1v) is 6.29. The fourth-order valence-corrected chi connectivity index (χ4v) is 2.36. The van der Waals surface area contributed by atoms with E-state index < -0.39 is 0 Å². The topological polar surface area (TPSA) is 110 Å². The highest BCUT2D eigenvalue weighted by Gasteiger charge is 2.21. The predicted molar refractivity (Wildman–Crippen MR) is 73.6 cm³/mol. The third-order valence-electron chi connectivity index (χ3n) is 3.38. The Bertz CT molecular complexity index is 592. The van der Waals surface area contributed by atoms with Gasteiger partial charge in [0.1, 0.15) is 5.82 Å². The number of rotatable bonds is 2. The zero-order valence-corrected chi connectivity index (χ0v) is 10.8. The van der Waals surface area contributed by atoms with Gasteiger partial charge in [0.25, 0.3) is 0 Å². The molecule has 5 N–H and O–H groups in total. The van der Waals surface area contributed by atoms with E-state index in [0.29, 0.717) is 0 Å². The monoisotopic (exact) mass is 259 g/mol. The van der Waals surface area contributed by atoms with Gasteiger partial charge in [0.2, 0.25) is 5.95 Å². The molecule has 100 valence electrons. The lowest BCUT2D eigenvalue weighted by atomic mass is 10.2. The van der Waals surface area contributed by atoms with E-state index in [0.717, 1.165) is 42.3 Å². The van der Waals surface area contributed by atoms with E-state index in [1.165, 1.54) is 0 Å². The molecule has 2 aromatic heterocycles. The second kappa shape index (κ2) is 4.51. The van der Waals surface area contributed by atoms with Crippen LogP contribution >= 0.6 is 0 Å². The quantitative estimate of drug-likeness (QED) is 0.715. The Morgan fingerprint density at radius 2 is 2.26 bits per heavy atom. The molecule has 0 unspecified atom stereocenters. The minimum absolute atomic E-state index is 0.204. The molecule has 0 radical (unpaired) electrons. The lowest BCUT2D eigenvalue weighted by Gasteiger charge is -2.17. The zero-order valence-electron chi connectivity index (χ0n) is 10.8. The van der Waals surface area contributed by atoms with Crippen LogP contribution in [0.1, 0.15) is 12.1 Å². The molecular formula is C12H17N7. The molecule has 0 amide bonds. The molecule has 0 saturated carbocycles. The lowest BCUT2D eigenvalue weighted by Crippen LogP contribution is -2.27. The maximum Gasteiger partial charge on any atom is 0.222 e. The highest BCUT2D eigenvalue weighted by molar-refractivity contribution is 5.65. The van der Waals surface area contributed by atoms with Crippen molar-refractivity contribution in [2.45, 2.75) is 19.4 Å². The van der Waals surface area contributed by atoms with Gasteiger partial charge in [-0.2, -0.15) is 10.1 Å². The van der Waals surface area contributed by atoms with Crippen LogP contribution in [0.15, 0.2) is 12.3 Å². The molecule has 0 spiro atoms. The number of aromatic nitrogens is 4. The molecule has 1 aliphatic heterocycles. The number of nitrogen functional groups attached to an aromatic ring is 1. The van der Waals surface area contributed by atoms with Gasteiger partial charge in [-0.1, -0.05) is 0 Å². The van der Waals surface area contributed by atoms with Crippen LogP contribution in [0.25, 0.3) is 11.3 Å². The molecule has 0 aliphatic carbocycles. The van der Waals surface area contributed by atoms with Crippen LogP contribution in [0, 0.1) is 6.92 Å². The van der Waals surface area contributed by atoms with Crippen LogP contribution < -0.4 is 16.4 Å². The van der Waals surface area contributed by atoms with Crippen molar-refractivity contribution in [3.05, 3.63) is 18.0 Å². The Kier molecular flexibility index (Phi) is 2.83. The summed E-state index contributed by atoms with van der Waals surface area (Å²) in [6.07, 6.45) is 2.72. The summed E-state index contributed by atoms with van der Waals surface area (Å²) in [7, 11) is 0. The Balaban J connectivity index is 1.99. The summed E-state index contributed by atoms with van der Waals surface area (Å²) in [6.45, 7) is 3.66. The molecule has 0 aromatic carbocycles. The molecule has 1 saturated heterocycles. The summed E-state index contributed by atoms with van der Waals surface area (Å²) in [4.78, 5) is 10.7. The highest BCUT2D eigenvalue weighted by atomic mass is 15.2. The number of nitrogens with zero attached hydrogens (tertiary/aromatic N) is 4. The summed E-state index contributed by atoms with van der Waals surface area (Å²) in [6, 6.07) is 2.14. The molecular weight excluding hydrogens is 242 g/mol. The van der Waals surface area contributed by atoms with E-state index >= 15 is 0 Å². The normalized spacial score (nSPS) is 19.1. The molecule has 0 bridgehead atoms. The molecule has 19 heavy (non-hydrogen) atoms. The van der Waals surface area contributed by atoms with E-state index in [1.807, 2.05) is 13.0 Å². The van der Waals surface area contributed by atoms with Gasteiger partial charge in [-0.15, -0.1) is 0 Å². The van der Waals surface area contributed by atoms with Gasteiger partial charge in [-0.3, -0.25) is 5.10 Å². The van der Waals surface area contributed by atoms with Gasteiger partial charge >= 0.3 is 0 Å². The number of hydrogen-bond donors (Lipinski definition) is 3. The largest absolute Gasteiger partial charge is 0.368 e. The first-order valence-electron chi connectivity index (χ1n) is 6.29. The van der Waals surface area contributed by atoms with Crippen molar-refractivity contribution in [3.63, 3.8) is 0 Å². The summed E-state index contributed by atoms with van der Waals surface area (Å²) >= 11 is 0. The van der Waals surface area contributed by atoms with Gasteiger partial charge in [-0.05, 0) is 13.3 Å². The molecule has 1 fully saturated rings. The first-order chi connectivity index (χ1) is 9.13. The third-order valence-corrected chi connectivity index (χ3v) is 3.38. The van der Waals surface area contributed by atoms with E-state index in [4.69, 9.17) is 11.5 Å². The van der Waals surface area contributed by atoms with Crippen LogP contribution in [-0.4, -0.2) is 39.3 Å². The molecule has 1 aliphatic rings. The molecule has 2 aromatic rings. The number of hydrogen-bond acceptors (Lipinski definition) is 6. The fraction of sp³-hybridized carbons (Fsp3) is 0.417. The van der Waals surface area contributed by atoms with Crippen LogP contribution in [0.2, 0.25) is 0 Å². The molecule has 3 heterocycles. The number of nitrogens with one attached hydrogen (secondary N) is 1. The maximum absolute atomic E-state index is 5.93. The van der Waals surface area contributed by atoms with Crippen LogP contribution in [0.4, 0.5) is 11.8 Å². The van der Waals surface area contributed by atoms with Crippen molar-refractivity contribution in [1.82, 2.24) is 20.2 Å². The minimum atomic E-state index is 0.204. The zero-order chi connectivity index (χ0) is 13.4. The van der Waals surface area contributed by atoms with Crippen molar-refractivity contribution in [3.8, 4) is 11.3 Å². The van der Waals surface area contributed by atoms with Crippen LogP contribution in [0.3, 0.4) is 0 Å². The van der Waals surface area contributed by atoms with Crippen molar-refractivity contribution in [2.75, 3.05) is 23.7 Å². The Morgan fingerprint density at radius 1 is 1.42 bits per heavy atom. The summed E-state index contributed by atoms with van der Waals surface area (Å²) in [5.74, 6) is 1.10. The Labute approximate surface area is 111 Å². The highest BCUT2D eigenvalue weighted by Crippen LogP contribution is 2.25. The van der Waals surface area contributed by atoms with Crippen molar-refractivity contribution < 1.29 is 0 Å². The number of aryl methyl sites for hydroxylation is 1. The van der Waals surface area contributed by atoms with Gasteiger partial charge < -0.3 is 16.4 Å². The maximum atomic E-state index is 5.93. The van der Waals surface area contributed by atoms with Crippen molar-refractivity contribution in [2.24, 2.45) is 5.73 Å². The summed E-state index contributed by atoms with van der Waals surface area (Å²) in [5, 5.41) is 6.90. The van der Waals surface area contributed by atoms with Gasteiger partial charge in [0.15, 0.2) is 0 Å². The summed E-state index contributed by atoms with van der Waals surface area (Å²) < 4.78 is 0. The third kappa shape index (κ3) is 2.24. The average molecular weight is 259 g/mol. The molecule has 3 rings (SSSR count). The van der Waals surface area contributed by atoms with Crippen LogP contribution in [-0.2, 0) is 0 Å². The minimum Gasteiger partial charge on any atom is -0.368 e. The second-order valence-corrected chi connectivity index (χ2v) is 4.87. The van der Waals surface area contributed by atoms with Gasteiger partial charge in [0, 0.05) is 36.5 Å². The molecule has 7 heteroatoms. The van der Waals surface area contributed by atoms with E-state index in [1.54, 1.807) is 6.20 Å². The first kappa shape index (κ1) is 11.9. The number of aromatic amines is 1. The Hall–Kier alpha value is -2.15. The Morgan fingerprint density at radius 3 is 2.89 bits per heavy atom. The van der Waals surface area contributed by atoms with Crippen molar-refractivity contribution >= 4 is 11.8 Å². The van der Waals surface area contributed by atoms with Gasteiger partial charge in [-0.25, -0.2) is 4.98 Å². The molecule has 7 nitrogen and oxygen atoms in total. The van der Waals surface area contributed by atoms with E-state index in [9.17, 15) is 0 Å². The fourth-order valence-electron chi connectivity index (χ4n) is 2.36. The molecule has 1 atom stereocenters. The van der Waals surface area contributed by atoms with Crippen LogP contribution in [0.5, 0.6) is 0 Å². The second-order valence-electron chi connectivity index (χ2n) is 4.87. The predicted octanol–water partition coefficient (Wildman–Crippen LogP) is 0.295. The standard InChI is InChI=1S/C12H17N7/c1-7-9(5-15-18-7)10-4-11(17-12(14)16-10)19-3-2-8(13)6-19/h4-5,8H,2-3,6,13H2,1H3,(H,15,18)(H2,14,16,17)/t8-/m1/s1. The van der Waals surface area contributed by atoms with Crippen molar-refractivity contribution in [1.29, 1.82) is 0 Å². The summed E-state index contributed by atoms with van der Waals surface area (Å²) in [5.41, 5.74) is 14.4. The smallest absolute Gasteiger partial charge is 0.222 e. The van der Waals surface area contributed by atoms with Gasteiger partial charge in [0.05, 0.1) is 11.9 Å². The average Bonchev–Trinajstić information content (AvgIpc) is 2.97. The lowest BCUT2D eigenvalue weighted by molar-refractivity contribution is 0.751. The number of H-pyrrole nitrogens is 1. The van der Waals surface area contributed by atoms with E-state index in [2.05, 4.69) is 25.1 Å². The number of anilines is 2. The van der Waals surface area contributed by atoms with E-state index in [-0.39, 0.29) is 12.0 Å².